The topological polar surface area (TPSA) is 70.1 Å². The Morgan fingerprint density at radius 3 is 2.24 bits per heavy atom. The minimum atomic E-state index is -0.985. The number of para-hydroxylation sites is 2. The number of carbonyl (C=O) groups is 2. The number of aromatic hydroxyl groups is 1. The smallest absolute Gasteiger partial charge is 0.266 e. The van der Waals surface area contributed by atoms with E-state index in [0.29, 0.717) is 16.9 Å². The van der Waals surface area contributed by atoms with Gasteiger partial charge >= 0.3 is 0 Å². The number of benzene rings is 4. The summed E-state index contributed by atoms with van der Waals surface area (Å²) in [6.45, 7) is 0. The number of rotatable bonds is 3. The normalized spacial score (nSPS) is 22.2. The number of nitrogens with zero attached hydrogens (tertiary/aromatic N) is 2. The summed E-state index contributed by atoms with van der Waals surface area (Å²) < 4.78 is 0. The molecule has 2 fully saturated rings. The maximum atomic E-state index is 13.8. The molecule has 2 heterocycles. The summed E-state index contributed by atoms with van der Waals surface area (Å²) >= 11 is 0. The summed E-state index contributed by atoms with van der Waals surface area (Å²) in [5.41, 5.74) is 1.79. The Morgan fingerprint density at radius 1 is 0.727 bits per heavy atom. The van der Waals surface area contributed by atoms with Gasteiger partial charge in [0.25, 0.3) is 5.91 Å². The Hall–Kier alpha value is -4.16. The SMILES string of the molecule is O=C1[C@H]2[C@@H](c3ccccc3O)N(c3ccccc3)O[C@H]2C(=O)N1c1cccc2ccccc12. The Morgan fingerprint density at radius 2 is 1.42 bits per heavy atom. The summed E-state index contributed by atoms with van der Waals surface area (Å²) in [5.74, 6) is -1.49. The van der Waals surface area contributed by atoms with E-state index in [-0.39, 0.29) is 11.7 Å². The molecule has 4 aromatic carbocycles. The molecule has 3 atom stereocenters. The third-order valence-electron chi connectivity index (χ3n) is 6.39. The van der Waals surface area contributed by atoms with Crippen LogP contribution >= 0.6 is 0 Å². The van der Waals surface area contributed by atoms with Crippen molar-refractivity contribution >= 4 is 34.0 Å². The molecular formula is C27H20N2O4. The van der Waals surface area contributed by atoms with Gasteiger partial charge in [0, 0.05) is 10.9 Å². The second-order valence-corrected chi connectivity index (χ2v) is 8.23. The van der Waals surface area contributed by atoms with Crippen molar-refractivity contribution in [1.82, 2.24) is 0 Å². The Labute approximate surface area is 190 Å². The number of carbonyl (C=O) groups excluding carboxylic acids is 2. The van der Waals surface area contributed by atoms with E-state index in [1.54, 1.807) is 35.4 Å². The van der Waals surface area contributed by atoms with Crippen molar-refractivity contribution in [3.8, 4) is 5.75 Å². The van der Waals surface area contributed by atoms with E-state index in [1.165, 1.54) is 4.90 Å². The Bertz CT molecular complexity index is 1380. The van der Waals surface area contributed by atoms with E-state index in [4.69, 9.17) is 4.84 Å². The molecule has 0 aromatic heterocycles. The first kappa shape index (κ1) is 19.5. The maximum absolute atomic E-state index is 13.8. The van der Waals surface area contributed by atoms with Gasteiger partial charge in [-0.15, -0.1) is 0 Å². The molecule has 2 amide bonds. The first-order valence-corrected chi connectivity index (χ1v) is 10.8. The molecular weight excluding hydrogens is 416 g/mol. The number of anilines is 2. The first-order valence-electron chi connectivity index (χ1n) is 10.8. The van der Waals surface area contributed by atoms with E-state index in [9.17, 15) is 14.7 Å². The average molecular weight is 436 g/mol. The van der Waals surface area contributed by atoms with Crippen LogP contribution in [-0.4, -0.2) is 23.0 Å². The fraction of sp³-hybridized carbons (Fsp3) is 0.111. The van der Waals surface area contributed by atoms with Crippen LogP contribution in [0, 0.1) is 5.92 Å². The van der Waals surface area contributed by atoms with Crippen LogP contribution in [0.25, 0.3) is 10.8 Å². The molecule has 0 radical (unpaired) electrons. The van der Waals surface area contributed by atoms with Crippen LogP contribution in [0.15, 0.2) is 97.1 Å². The molecule has 6 rings (SSSR count). The summed E-state index contributed by atoms with van der Waals surface area (Å²) in [5, 5.41) is 14.0. The fourth-order valence-corrected chi connectivity index (χ4v) is 4.91. The lowest BCUT2D eigenvalue weighted by atomic mass is 9.90. The second-order valence-electron chi connectivity index (χ2n) is 8.23. The van der Waals surface area contributed by atoms with Crippen LogP contribution < -0.4 is 9.96 Å². The van der Waals surface area contributed by atoms with Crippen molar-refractivity contribution in [3.63, 3.8) is 0 Å². The summed E-state index contributed by atoms with van der Waals surface area (Å²) in [4.78, 5) is 34.8. The molecule has 6 nitrogen and oxygen atoms in total. The van der Waals surface area contributed by atoms with Crippen molar-refractivity contribution in [2.75, 3.05) is 9.96 Å². The molecule has 6 heteroatoms. The number of amides is 2. The highest BCUT2D eigenvalue weighted by Gasteiger charge is 2.60. The van der Waals surface area contributed by atoms with E-state index in [2.05, 4.69) is 0 Å². The van der Waals surface area contributed by atoms with Gasteiger partial charge in [-0.3, -0.25) is 14.4 Å². The van der Waals surface area contributed by atoms with Crippen molar-refractivity contribution in [1.29, 1.82) is 0 Å². The summed E-state index contributed by atoms with van der Waals surface area (Å²) in [6.07, 6.45) is -0.985. The number of imide groups is 1. The van der Waals surface area contributed by atoms with Crippen LogP contribution in [-0.2, 0) is 14.4 Å². The van der Waals surface area contributed by atoms with Gasteiger partial charge in [0.05, 0.1) is 17.4 Å². The number of hydrogen-bond acceptors (Lipinski definition) is 5. The van der Waals surface area contributed by atoms with Gasteiger partial charge in [0.2, 0.25) is 5.91 Å². The molecule has 2 aliphatic heterocycles. The molecule has 0 saturated carbocycles. The molecule has 162 valence electrons. The van der Waals surface area contributed by atoms with E-state index >= 15 is 0 Å². The highest BCUT2D eigenvalue weighted by Crippen LogP contribution is 2.49. The lowest BCUT2D eigenvalue weighted by Crippen LogP contribution is -2.37. The molecule has 0 aliphatic carbocycles. The van der Waals surface area contributed by atoms with Crippen molar-refractivity contribution in [3.05, 3.63) is 103 Å². The minimum absolute atomic E-state index is 0.0524. The number of phenolic OH excluding ortho intramolecular Hbond substituents is 1. The van der Waals surface area contributed by atoms with Gasteiger partial charge in [0.1, 0.15) is 11.7 Å². The highest BCUT2D eigenvalue weighted by molar-refractivity contribution is 6.26. The zero-order valence-corrected chi connectivity index (χ0v) is 17.5. The lowest BCUT2D eigenvalue weighted by Gasteiger charge is -2.29. The third kappa shape index (κ3) is 2.92. The van der Waals surface area contributed by atoms with Gasteiger partial charge in [-0.2, -0.15) is 0 Å². The van der Waals surface area contributed by atoms with Crippen LogP contribution in [0.3, 0.4) is 0 Å². The lowest BCUT2D eigenvalue weighted by molar-refractivity contribution is -0.126. The third-order valence-corrected chi connectivity index (χ3v) is 6.39. The van der Waals surface area contributed by atoms with Crippen LogP contribution in [0.4, 0.5) is 11.4 Å². The summed E-state index contributed by atoms with van der Waals surface area (Å²) in [7, 11) is 0. The number of phenols is 1. The number of fused-ring (bicyclic) bond motifs is 2. The monoisotopic (exact) mass is 436 g/mol. The standard InChI is InChI=1S/C27H20N2O4/c30-22-16-7-6-14-20(22)24-23-25(33-29(24)18-11-2-1-3-12-18)27(32)28(26(23)31)21-15-8-10-17-9-4-5-13-19(17)21/h1-16,23-25,30H/t23-,24+,25+/m0/s1. The van der Waals surface area contributed by atoms with Crippen molar-refractivity contribution in [2.45, 2.75) is 12.1 Å². The van der Waals surface area contributed by atoms with Crippen LogP contribution in [0.1, 0.15) is 11.6 Å². The van der Waals surface area contributed by atoms with Crippen LogP contribution in [0.2, 0.25) is 0 Å². The largest absolute Gasteiger partial charge is 0.508 e. The molecule has 2 saturated heterocycles. The van der Waals surface area contributed by atoms with Crippen LogP contribution in [0.5, 0.6) is 5.75 Å². The average Bonchev–Trinajstić information content (AvgIpc) is 3.35. The maximum Gasteiger partial charge on any atom is 0.266 e. The molecule has 1 N–H and O–H groups in total. The molecule has 0 spiro atoms. The zero-order chi connectivity index (χ0) is 22.5. The second kappa shape index (κ2) is 7.46. The number of hydrogen-bond donors (Lipinski definition) is 1. The highest BCUT2D eigenvalue weighted by atomic mass is 16.7. The molecule has 2 aliphatic rings. The number of hydroxylamine groups is 1. The van der Waals surface area contributed by atoms with E-state index < -0.39 is 24.0 Å². The van der Waals surface area contributed by atoms with Gasteiger partial charge in [0.15, 0.2) is 6.10 Å². The van der Waals surface area contributed by atoms with Crippen molar-refractivity contribution < 1.29 is 19.5 Å². The minimum Gasteiger partial charge on any atom is -0.508 e. The van der Waals surface area contributed by atoms with Gasteiger partial charge in [-0.25, -0.2) is 9.96 Å². The predicted octanol–water partition coefficient (Wildman–Crippen LogP) is 4.60. The fourth-order valence-electron chi connectivity index (χ4n) is 4.91. The Kier molecular flexibility index (Phi) is 4.41. The molecule has 4 aromatic rings. The van der Waals surface area contributed by atoms with Gasteiger partial charge in [-0.1, -0.05) is 72.8 Å². The molecule has 0 bridgehead atoms. The first-order chi connectivity index (χ1) is 16.1. The molecule has 0 unspecified atom stereocenters. The van der Waals surface area contributed by atoms with Crippen molar-refractivity contribution in [2.24, 2.45) is 5.92 Å². The van der Waals surface area contributed by atoms with Gasteiger partial charge < -0.3 is 5.11 Å². The van der Waals surface area contributed by atoms with Gasteiger partial charge in [-0.05, 0) is 29.7 Å². The predicted molar refractivity (Wildman–Crippen MR) is 125 cm³/mol. The quantitative estimate of drug-likeness (QED) is 0.476. The Balaban J connectivity index is 1.48. The van der Waals surface area contributed by atoms with E-state index in [0.717, 1.165) is 10.8 Å². The molecule has 33 heavy (non-hydrogen) atoms. The zero-order valence-electron chi connectivity index (χ0n) is 17.5. The summed E-state index contributed by atoms with van der Waals surface area (Å²) in [6, 6.07) is 28.7. The van der Waals surface area contributed by atoms with E-state index in [1.807, 2.05) is 66.7 Å².